The number of nitrogens with zero attached hydrogens (tertiary/aromatic N) is 1. The van der Waals surface area contributed by atoms with Crippen LogP contribution < -0.4 is 0 Å². The van der Waals surface area contributed by atoms with Crippen molar-refractivity contribution < 1.29 is 19.1 Å². The molecule has 1 saturated heterocycles. The molecule has 1 fully saturated rings. The topological polar surface area (TPSA) is 57.6 Å². The number of aliphatic carboxylic acids is 1. The fourth-order valence-electron chi connectivity index (χ4n) is 1.98. The Bertz CT molecular complexity index is 510. The molecule has 4 nitrogen and oxygen atoms in total. The number of carbonyl (C=O) groups excluding carboxylic acids is 1. The van der Waals surface area contributed by atoms with Crippen molar-refractivity contribution >= 4 is 35.9 Å². The van der Waals surface area contributed by atoms with Gasteiger partial charge in [-0.2, -0.15) is 0 Å². The average Bonchev–Trinajstić information content (AvgIpc) is 2.81. The van der Waals surface area contributed by atoms with Crippen molar-refractivity contribution in [2.75, 3.05) is 13.1 Å². The van der Waals surface area contributed by atoms with E-state index in [9.17, 15) is 14.0 Å². The standard InChI is InChI=1S/C12H11ClFNO3.ClH/c13-8-1-2-10(14)9(5-8)11(16)15-4-3-7(6-15)12(17)18;/h1-2,5,7H,3-4,6H2,(H,17,18);1H. The van der Waals surface area contributed by atoms with E-state index in [1.165, 1.54) is 17.0 Å². The lowest BCUT2D eigenvalue weighted by molar-refractivity contribution is -0.141. The third-order valence-electron chi connectivity index (χ3n) is 2.98. The molecule has 1 aromatic carbocycles. The second-order valence-electron chi connectivity index (χ2n) is 4.20. The van der Waals surface area contributed by atoms with Crippen molar-refractivity contribution in [3.05, 3.63) is 34.6 Å². The molecule has 1 aromatic rings. The number of carbonyl (C=O) groups is 2. The summed E-state index contributed by atoms with van der Waals surface area (Å²) in [6.45, 7) is 0.432. The fourth-order valence-corrected chi connectivity index (χ4v) is 2.15. The summed E-state index contributed by atoms with van der Waals surface area (Å²) in [4.78, 5) is 24.2. The van der Waals surface area contributed by atoms with Gasteiger partial charge in [0.05, 0.1) is 11.5 Å². The predicted octanol–water partition coefficient (Wildman–Crippen LogP) is 2.45. The zero-order chi connectivity index (χ0) is 13.3. The Morgan fingerprint density at radius 3 is 2.68 bits per heavy atom. The minimum Gasteiger partial charge on any atom is -0.481 e. The van der Waals surface area contributed by atoms with Crippen molar-refractivity contribution in [2.24, 2.45) is 5.92 Å². The summed E-state index contributed by atoms with van der Waals surface area (Å²) in [5, 5.41) is 9.12. The van der Waals surface area contributed by atoms with Gasteiger partial charge in [-0.1, -0.05) is 11.6 Å². The molecule has 2 rings (SSSR count). The maximum atomic E-state index is 13.5. The van der Waals surface area contributed by atoms with Crippen LogP contribution >= 0.6 is 24.0 Å². The highest BCUT2D eigenvalue weighted by atomic mass is 35.5. The first-order valence-corrected chi connectivity index (χ1v) is 5.84. The molecule has 1 unspecified atom stereocenters. The van der Waals surface area contributed by atoms with E-state index in [4.69, 9.17) is 16.7 Å². The third-order valence-corrected chi connectivity index (χ3v) is 3.22. The number of hydrogen-bond donors (Lipinski definition) is 1. The minimum atomic E-state index is -0.933. The fraction of sp³-hybridized carbons (Fsp3) is 0.333. The first-order valence-electron chi connectivity index (χ1n) is 5.46. The molecule has 1 aliphatic rings. The van der Waals surface area contributed by atoms with Crippen molar-refractivity contribution in [1.29, 1.82) is 0 Å². The largest absolute Gasteiger partial charge is 0.481 e. The number of carboxylic acids is 1. The molecule has 19 heavy (non-hydrogen) atoms. The Labute approximate surface area is 120 Å². The number of hydrogen-bond acceptors (Lipinski definition) is 2. The molecular weight excluding hydrogens is 296 g/mol. The first-order chi connectivity index (χ1) is 8.49. The Morgan fingerprint density at radius 2 is 2.11 bits per heavy atom. The summed E-state index contributed by atoms with van der Waals surface area (Å²) >= 11 is 5.72. The minimum absolute atomic E-state index is 0. The lowest BCUT2D eigenvalue weighted by Gasteiger charge is -2.16. The van der Waals surface area contributed by atoms with Crippen LogP contribution in [0.5, 0.6) is 0 Å². The molecule has 1 heterocycles. The Hall–Kier alpha value is -1.33. The monoisotopic (exact) mass is 307 g/mol. The van der Waals surface area contributed by atoms with Gasteiger partial charge in [-0.05, 0) is 24.6 Å². The molecular formula is C12H12Cl2FNO3. The van der Waals surface area contributed by atoms with Crippen molar-refractivity contribution in [3.63, 3.8) is 0 Å². The van der Waals surface area contributed by atoms with Crippen LogP contribution in [0.15, 0.2) is 18.2 Å². The van der Waals surface area contributed by atoms with E-state index >= 15 is 0 Å². The summed E-state index contributed by atoms with van der Waals surface area (Å²) in [5.74, 6) is -2.67. The van der Waals surface area contributed by atoms with E-state index in [-0.39, 0.29) is 29.5 Å². The maximum Gasteiger partial charge on any atom is 0.308 e. The van der Waals surface area contributed by atoms with Gasteiger partial charge in [0.25, 0.3) is 5.91 Å². The highest BCUT2D eigenvalue weighted by Crippen LogP contribution is 2.22. The summed E-state index contributed by atoms with van der Waals surface area (Å²) in [7, 11) is 0. The molecule has 7 heteroatoms. The van der Waals surface area contributed by atoms with E-state index in [1.54, 1.807) is 0 Å². The zero-order valence-electron chi connectivity index (χ0n) is 9.81. The summed E-state index contributed by atoms with van der Waals surface area (Å²) in [5.41, 5.74) is -0.117. The average molecular weight is 308 g/mol. The SMILES string of the molecule is Cl.O=C(O)C1CCN(C(=O)c2cc(Cl)ccc2F)C1. The van der Waals surface area contributed by atoms with E-state index in [2.05, 4.69) is 0 Å². The zero-order valence-corrected chi connectivity index (χ0v) is 11.4. The molecule has 0 radical (unpaired) electrons. The molecule has 1 N–H and O–H groups in total. The van der Waals surface area contributed by atoms with Crippen LogP contribution in [0.3, 0.4) is 0 Å². The predicted molar refractivity (Wildman–Crippen MR) is 70.3 cm³/mol. The molecule has 0 bridgehead atoms. The van der Waals surface area contributed by atoms with Crippen molar-refractivity contribution in [1.82, 2.24) is 4.90 Å². The molecule has 0 aromatic heterocycles. The third kappa shape index (κ3) is 3.36. The van der Waals surface area contributed by atoms with Crippen LogP contribution in [0, 0.1) is 11.7 Å². The molecule has 104 valence electrons. The van der Waals surface area contributed by atoms with E-state index in [0.717, 1.165) is 6.07 Å². The Kier molecular flexibility index (Phi) is 5.14. The maximum absolute atomic E-state index is 13.5. The van der Waals surface area contributed by atoms with Crippen molar-refractivity contribution in [2.45, 2.75) is 6.42 Å². The van der Waals surface area contributed by atoms with Crippen LogP contribution in [0.2, 0.25) is 5.02 Å². The summed E-state index contributed by atoms with van der Waals surface area (Å²) < 4.78 is 13.5. The van der Waals surface area contributed by atoms with E-state index in [1.807, 2.05) is 0 Å². The highest BCUT2D eigenvalue weighted by Gasteiger charge is 2.32. The van der Waals surface area contributed by atoms with E-state index in [0.29, 0.717) is 13.0 Å². The molecule has 0 aliphatic carbocycles. The van der Waals surface area contributed by atoms with Crippen LogP contribution in [0.1, 0.15) is 16.8 Å². The normalized spacial score (nSPS) is 18.0. The van der Waals surface area contributed by atoms with Gasteiger partial charge in [-0.3, -0.25) is 9.59 Å². The molecule has 0 spiro atoms. The van der Waals surface area contributed by atoms with Gasteiger partial charge in [0, 0.05) is 18.1 Å². The molecule has 1 aliphatic heterocycles. The van der Waals surface area contributed by atoms with Gasteiger partial charge in [0.2, 0.25) is 0 Å². The van der Waals surface area contributed by atoms with E-state index < -0.39 is 23.6 Å². The van der Waals surface area contributed by atoms with Crippen LogP contribution in [0.4, 0.5) is 4.39 Å². The number of amides is 1. The van der Waals surface area contributed by atoms with Crippen LogP contribution in [0.25, 0.3) is 0 Å². The van der Waals surface area contributed by atoms with Gasteiger partial charge >= 0.3 is 5.97 Å². The number of benzene rings is 1. The molecule has 1 atom stereocenters. The lowest BCUT2D eigenvalue weighted by atomic mass is 10.1. The molecule has 0 saturated carbocycles. The smallest absolute Gasteiger partial charge is 0.308 e. The summed E-state index contributed by atoms with van der Waals surface area (Å²) in [6.07, 6.45) is 0.392. The van der Waals surface area contributed by atoms with Gasteiger partial charge in [-0.25, -0.2) is 4.39 Å². The number of carboxylic acid groups (broad SMARTS) is 1. The Morgan fingerprint density at radius 1 is 1.42 bits per heavy atom. The first kappa shape index (κ1) is 15.7. The second-order valence-corrected chi connectivity index (χ2v) is 4.64. The number of halogens is 3. The highest BCUT2D eigenvalue weighted by molar-refractivity contribution is 6.31. The van der Waals surface area contributed by atoms with Crippen LogP contribution in [-0.2, 0) is 4.79 Å². The van der Waals surface area contributed by atoms with Crippen LogP contribution in [-0.4, -0.2) is 35.0 Å². The molecule has 1 amide bonds. The second kappa shape index (κ2) is 6.21. The van der Waals surface area contributed by atoms with Crippen molar-refractivity contribution in [3.8, 4) is 0 Å². The van der Waals surface area contributed by atoms with Gasteiger partial charge < -0.3 is 10.0 Å². The van der Waals surface area contributed by atoms with Gasteiger partial charge in [0.1, 0.15) is 5.82 Å². The Balaban J connectivity index is 0.00000180. The summed E-state index contributed by atoms with van der Waals surface area (Å²) in [6, 6.07) is 3.74. The number of rotatable bonds is 2. The van der Waals surface area contributed by atoms with Gasteiger partial charge in [-0.15, -0.1) is 12.4 Å². The number of likely N-dealkylation sites (tertiary alicyclic amines) is 1. The lowest BCUT2D eigenvalue weighted by Crippen LogP contribution is -2.30. The van der Waals surface area contributed by atoms with Gasteiger partial charge in [0.15, 0.2) is 0 Å². The quantitative estimate of drug-likeness (QED) is 0.913.